The summed E-state index contributed by atoms with van der Waals surface area (Å²) in [5, 5.41) is 15.8. The maximum Gasteiger partial charge on any atom is 0.407 e. The van der Waals surface area contributed by atoms with Crippen LogP contribution in [0.2, 0.25) is 0 Å². The van der Waals surface area contributed by atoms with Gasteiger partial charge in [0.15, 0.2) is 5.96 Å². The average Bonchev–Trinajstić information content (AvgIpc) is 3.02. The van der Waals surface area contributed by atoms with Crippen molar-refractivity contribution in [1.29, 1.82) is 5.41 Å². The first kappa shape index (κ1) is 43.0. The largest absolute Gasteiger partial charge is 0.450 e. The zero-order chi connectivity index (χ0) is 33.1. The first-order valence-corrected chi connectivity index (χ1v) is 19.3. The highest BCUT2D eigenvalue weighted by Gasteiger charge is 2.20. The second kappa shape index (κ2) is 34.9. The summed E-state index contributed by atoms with van der Waals surface area (Å²) >= 11 is 0. The maximum atomic E-state index is 12.8. The fourth-order valence-corrected chi connectivity index (χ4v) is 5.74. The second-order valence-corrected chi connectivity index (χ2v) is 13.1. The van der Waals surface area contributed by atoms with Crippen LogP contribution in [0, 0.1) is 5.41 Å². The lowest BCUT2D eigenvalue weighted by atomic mass is 10.0. The minimum absolute atomic E-state index is 0.0943. The van der Waals surface area contributed by atoms with E-state index in [1.807, 2.05) is 0 Å². The van der Waals surface area contributed by atoms with E-state index in [4.69, 9.17) is 15.9 Å². The van der Waals surface area contributed by atoms with Crippen molar-refractivity contribution in [2.24, 2.45) is 5.73 Å². The first-order chi connectivity index (χ1) is 22.0. The quantitative estimate of drug-likeness (QED) is 0.0272. The van der Waals surface area contributed by atoms with Crippen molar-refractivity contribution in [1.82, 2.24) is 16.0 Å². The van der Waals surface area contributed by atoms with Crippen LogP contribution in [0.5, 0.6) is 0 Å². The molecule has 0 spiro atoms. The summed E-state index contributed by atoms with van der Waals surface area (Å²) in [6, 6.07) is -0.653. The van der Waals surface area contributed by atoms with Gasteiger partial charge in [0.05, 0.1) is 6.61 Å². The van der Waals surface area contributed by atoms with Crippen LogP contribution in [0.25, 0.3) is 0 Å². The molecule has 0 aliphatic heterocycles. The van der Waals surface area contributed by atoms with Crippen LogP contribution in [-0.4, -0.2) is 43.7 Å². The minimum Gasteiger partial charge on any atom is -0.450 e. The number of rotatable bonds is 34. The number of alkyl carbamates (subject to hydrolysis) is 1. The number of nitrogens with two attached hydrogens (primary N) is 1. The Bertz CT molecular complexity index is 676. The lowest BCUT2D eigenvalue weighted by Gasteiger charge is -2.18. The summed E-state index contributed by atoms with van der Waals surface area (Å²) in [4.78, 5) is 25.3. The van der Waals surface area contributed by atoms with E-state index >= 15 is 0 Å². The van der Waals surface area contributed by atoms with Crippen molar-refractivity contribution in [2.75, 3.05) is 19.7 Å². The van der Waals surface area contributed by atoms with Crippen molar-refractivity contribution in [3.05, 3.63) is 0 Å². The van der Waals surface area contributed by atoms with Gasteiger partial charge in [-0.05, 0) is 25.7 Å². The number of carbonyl (C=O) groups excluding carboxylic acids is 2. The molecule has 0 saturated carbocycles. The van der Waals surface area contributed by atoms with E-state index in [0.717, 1.165) is 25.7 Å². The number of hydrogen-bond acceptors (Lipinski definition) is 4. The van der Waals surface area contributed by atoms with Gasteiger partial charge in [-0.15, -0.1) is 0 Å². The molecule has 0 fully saturated rings. The molecule has 0 radical (unpaired) electrons. The van der Waals surface area contributed by atoms with Gasteiger partial charge < -0.3 is 26.4 Å². The summed E-state index contributed by atoms with van der Waals surface area (Å²) < 4.78 is 5.40. The van der Waals surface area contributed by atoms with Crippen LogP contribution < -0.4 is 21.7 Å². The number of nitrogens with one attached hydrogen (secondary N) is 4. The standard InChI is InChI=1S/C37H75N5O3/c1-3-5-7-9-11-13-15-16-17-18-19-20-22-24-26-28-33-45-37(44)42-34(30-29-32-41-36(38)39)35(43)40-31-27-25-23-21-14-12-10-8-6-4-2/h34H,3-33H2,1-2H3,(H,40,43)(H,42,44)(H4,38,39,41)/t34-/m0/s1. The van der Waals surface area contributed by atoms with Gasteiger partial charge in [-0.1, -0.05) is 168 Å². The molecule has 0 aromatic carbocycles. The third kappa shape index (κ3) is 33.2. The van der Waals surface area contributed by atoms with Crippen molar-refractivity contribution in [2.45, 2.75) is 200 Å². The normalized spacial score (nSPS) is 11.7. The van der Waals surface area contributed by atoms with Gasteiger partial charge in [-0.3, -0.25) is 10.2 Å². The maximum absolute atomic E-state index is 12.8. The second-order valence-electron chi connectivity index (χ2n) is 13.1. The first-order valence-electron chi connectivity index (χ1n) is 19.3. The minimum atomic E-state index is -0.653. The van der Waals surface area contributed by atoms with Gasteiger partial charge in [0.1, 0.15) is 6.04 Å². The molecule has 0 saturated heterocycles. The van der Waals surface area contributed by atoms with Gasteiger partial charge >= 0.3 is 6.09 Å². The predicted octanol–water partition coefficient (Wildman–Crippen LogP) is 9.64. The summed E-state index contributed by atoms with van der Waals surface area (Å²) in [6.07, 6.45) is 33.9. The van der Waals surface area contributed by atoms with Gasteiger partial charge in [0.25, 0.3) is 0 Å². The Morgan fingerprint density at radius 2 is 0.933 bits per heavy atom. The molecule has 8 nitrogen and oxygen atoms in total. The van der Waals surface area contributed by atoms with E-state index in [-0.39, 0.29) is 11.9 Å². The van der Waals surface area contributed by atoms with E-state index in [0.29, 0.717) is 32.5 Å². The Hall–Kier alpha value is -1.99. The lowest BCUT2D eigenvalue weighted by Crippen LogP contribution is -2.47. The third-order valence-corrected chi connectivity index (χ3v) is 8.65. The summed E-state index contributed by atoms with van der Waals surface area (Å²) in [5.41, 5.74) is 5.36. The highest BCUT2D eigenvalue weighted by molar-refractivity contribution is 5.85. The summed E-state index contributed by atoms with van der Waals surface area (Å²) in [7, 11) is 0. The molecule has 0 aromatic rings. The third-order valence-electron chi connectivity index (χ3n) is 8.65. The van der Waals surface area contributed by atoms with Crippen LogP contribution in [0.4, 0.5) is 4.79 Å². The molecule has 0 aliphatic rings. The van der Waals surface area contributed by atoms with Crippen molar-refractivity contribution < 1.29 is 14.3 Å². The van der Waals surface area contributed by atoms with Crippen LogP contribution in [0.3, 0.4) is 0 Å². The number of unbranched alkanes of at least 4 members (excludes halogenated alkanes) is 24. The molecule has 1 atom stereocenters. The van der Waals surface area contributed by atoms with Gasteiger partial charge in [-0.25, -0.2) is 4.79 Å². The Kier molecular flexibility index (Phi) is 33.3. The number of amides is 2. The fourth-order valence-electron chi connectivity index (χ4n) is 5.74. The summed E-state index contributed by atoms with van der Waals surface area (Å²) in [5.74, 6) is -0.267. The Morgan fingerprint density at radius 3 is 1.36 bits per heavy atom. The molecular formula is C37H75N5O3. The highest BCUT2D eigenvalue weighted by atomic mass is 16.5. The van der Waals surface area contributed by atoms with Crippen molar-refractivity contribution >= 4 is 18.0 Å². The van der Waals surface area contributed by atoms with Gasteiger partial charge in [0.2, 0.25) is 5.91 Å². The molecule has 0 heterocycles. The fraction of sp³-hybridized carbons (Fsp3) is 0.919. The van der Waals surface area contributed by atoms with Crippen molar-refractivity contribution in [3.63, 3.8) is 0 Å². The van der Waals surface area contributed by atoms with Gasteiger partial charge in [-0.2, -0.15) is 0 Å². The molecule has 0 unspecified atom stereocenters. The number of carbonyl (C=O) groups is 2. The zero-order valence-corrected chi connectivity index (χ0v) is 29.8. The van der Waals surface area contributed by atoms with E-state index < -0.39 is 12.1 Å². The number of guanidine groups is 1. The van der Waals surface area contributed by atoms with Crippen LogP contribution in [0.1, 0.15) is 194 Å². The Balaban J connectivity index is 3.94. The highest BCUT2D eigenvalue weighted by Crippen LogP contribution is 2.14. The molecular weight excluding hydrogens is 562 g/mol. The molecule has 6 N–H and O–H groups in total. The molecule has 0 bridgehead atoms. The Labute approximate surface area is 278 Å². The molecule has 2 amide bonds. The molecule has 45 heavy (non-hydrogen) atoms. The molecule has 8 heteroatoms. The van der Waals surface area contributed by atoms with E-state index in [1.54, 1.807) is 0 Å². The lowest BCUT2D eigenvalue weighted by molar-refractivity contribution is -0.123. The smallest absolute Gasteiger partial charge is 0.407 e. The van der Waals surface area contributed by atoms with Crippen LogP contribution in [0.15, 0.2) is 0 Å². The van der Waals surface area contributed by atoms with Gasteiger partial charge in [0, 0.05) is 13.1 Å². The van der Waals surface area contributed by atoms with Crippen LogP contribution in [-0.2, 0) is 9.53 Å². The van der Waals surface area contributed by atoms with Crippen LogP contribution >= 0.6 is 0 Å². The summed E-state index contributed by atoms with van der Waals surface area (Å²) in [6.45, 7) is 6.00. The zero-order valence-electron chi connectivity index (χ0n) is 29.8. The Morgan fingerprint density at radius 1 is 0.556 bits per heavy atom. The van der Waals surface area contributed by atoms with E-state index in [1.165, 1.54) is 141 Å². The predicted molar refractivity (Wildman–Crippen MR) is 192 cm³/mol. The SMILES string of the molecule is CCCCCCCCCCCCCCCCCCOC(=O)N[C@@H](CCCNC(=N)N)C(=O)NCCCCCCCCCCCC. The number of ether oxygens (including phenoxy) is 1. The van der Waals surface area contributed by atoms with Crippen molar-refractivity contribution in [3.8, 4) is 0 Å². The van der Waals surface area contributed by atoms with E-state index in [2.05, 4.69) is 29.8 Å². The molecule has 266 valence electrons. The number of hydrogen-bond donors (Lipinski definition) is 5. The molecule has 0 aliphatic carbocycles. The topological polar surface area (TPSA) is 129 Å². The molecule has 0 rings (SSSR count). The van der Waals surface area contributed by atoms with E-state index in [9.17, 15) is 9.59 Å². The monoisotopic (exact) mass is 638 g/mol. The molecule has 0 aromatic heterocycles. The average molecular weight is 638 g/mol.